The molecule has 0 unspecified atom stereocenters. The third-order valence-corrected chi connectivity index (χ3v) is 2.92. The average Bonchev–Trinajstić information content (AvgIpc) is 2.46. The van der Waals surface area contributed by atoms with Gasteiger partial charge in [0.1, 0.15) is 5.83 Å². The highest BCUT2D eigenvalue weighted by molar-refractivity contribution is 5.83. The summed E-state index contributed by atoms with van der Waals surface area (Å²) >= 11 is 0. The first-order valence-corrected chi connectivity index (χ1v) is 6.21. The number of allylic oxidation sites excluding steroid dienone is 6. The Morgan fingerprint density at radius 2 is 2.10 bits per heavy atom. The van der Waals surface area contributed by atoms with Crippen LogP contribution in [-0.4, -0.2) is 9.97 Å². The number of nitrogens with zero attached hydrogens (tertiary/aromatic N) is 2. The summed E-state index contributed by atoms with van der Waals surface area (Å²) in [5.74, 6) is -0.115. The van der Waals surface area contributed by atoms with Gasteiger partial charge in [0.2, 0.25) is 0 Å². The molecule has 0 amide bonds. The standard InChI is InChI=1S/C17H15FN2/c1-4-6-9-15(18)13(5-2)17-19-11-14-12(3)8-7-10-16(14)20-17/h4-11H,1-2H2,3H3/b9-6-,15-13-. The molecule has 100 valence electrons. The van der Waals surface area contributed by atoms with Gasteiger partial charge in [0, 0.05) is 11.6 Å². The molecule has 1 heterocycles. The van der Waals surface area contributed by atoms with Crippen LogP contribution < -0.4 is 0 Å². The van der Waals surface area contributed by atoms with E-state index in [0.29, 0.717) is 5.82 Å². The molecule has 0 atom stereocenters. The monoisotopic (exact) mass is 266 g/mol. The molecule has 0 radical (unpaired) electrons. The van der Waals surface area contributed by atoms with Gasteiger partial charge in [-0.25, -0.2) is 14.4 Å². The maximum absolute atomic E-state index is 14.0. The van der Waals surface area contributed by atoms with Crippen molar-refractivity contribution in [1.29, 1.82) is 0 Å². The maximum Gasteiger partial charge on any atom is 0.162 e. The van der Waals surface area contributed by atoms with Gasteiger partial charge in [-0.3, -0.25) is 0 Å². The molecule has 0 aliphatic rings. The fourth-order valence-electron chi connectivity index (χ4n) is 1.87. The first-order chi connectivity index (χ1) is 9.67. The van der Waals surface area contributed by atoms with E-state index in [1.165, 1.54) is 24.3 Å². The molecule has 0 N–H and O–H groups in total. The molecule has 20 heavy (non-hydrogen) atoms. The van der Waals surface area contributed by atoms with Crippen LogP contribution in [0.4, 0.5) is 4.39 Å². The quantitative estimate of drug-likeness (QED) is 0.759. The Morgan fingerprint density at radius 3 is 2.80 bits per heavy atom. The highest BCUT2D eigenvalue weighted by atomic mass is 19.1. The second-order valence-electron chi connectivity index (χ2n) is 4.26. The molecule has 2 rings (SSSR count). The van der Waals surface area contributed by atoms with Gasteiger partial charge in [-0.1, -0.05) is 43.5 Å². The average molecular weight is 266 g/mol. The Morgan fingerprint density at radius 1 is 1.30 bits per heavy atom. The molecule has 2 nitrogen and oxygen atoms in total. The van der Waals surface area contributed by atoms with Crippen LogP contribution in [0.15, 0.2) is 67.7 Å². The van der Waals surface area contributed by atoms with Gasteiger partial charge in [-0.05, 0) is 24.6 Å². The predicted octanol–water partition coefficient (Wildman–Crippen LogP) is 4.55. The normalized spacial score (nSPS) is 12.5. The fourth-order valence-corrected chi connectivity index (χ4v) is 1.87. The molecular formula is C17H15FN2. The van der Waals surface area contributed by atoms with E-state index in [2.05, 4.69) is 23.1 Å². The summed E-state index contributed by atoms with van der Waals surface area (Å²) in [6.07, 6.45) is 7.46. The van der Waals surface area contributed by atoms with Crippen LogP contribution in [-0.2, 0) is 0 Å². The molecule has 0 fully saturated rings. The smallest absolute Gasteiger partial charge is 0.162 e. The predicted molar refractivity (Wildman–Crippen MR) is 81.8 cm³/mol. The number of aromatic nitrogens is 2. The van der Waals surface area contributed by atoms with Crippen molar-refractivity contribution < 1.29 is 4.39 Å². The van der Waals surface area contributed by atoms with Gasteiger partial charge < -0.3 is 0 Å². The van der Waals surface area contributed by atoms with Crippen LogP contribution in [0, 0.1) is 6.92 Å². The van der Waals surface area contributed by atoms with Crippen LogP contribution in [0.5, 0.6) is 0 Å². The van der Waals surface area contributed by atoms with Gasteiger partial charge in [0.25, 0.3) is 0 Å². The summed E-state index contributed by atoms with van der Waals surface area (Å²) in [6.45, 7) is 9.12. The Hall–Kier alpha value is -2.55. The Balaban J connectivity index is 2.59. The van der Waals surface area contributed by atoms with Crippen LogP contribution in [0.1, 0.15) is 11.4 Å². The lowest BCUT2D eigenvalue weighted by atomic mass is 10.1. The molecule has 0 aliphatic heterocycles. The second-order valence-corrected chi connectivity index (χ2v) is 4.26. The van der Waals surface area contributed by atoms with Crippen LogP contribution in [0.2, 0.25) is 0 Å². The highest BCUT2D eigenvalue weighted by Crippen LogP contribution is 2.22. The maximum atomic E-state index is 14.0. The number of rotatable bonds is 4. The molecule has 0 saturated carbocycles. The number of hydrogen-bond donors (Lipinski definition) is 0. The van der Waals surface area contributed by atoms with Gasteiger partial charge in [-0.2, -0.15) is 0 Å². The third-order valence-electron chi connectivity index (χ3n) is 2.92. The highest BCUT2D eigenvalue weighted by Gasteiger charge is 2.08. The minimum Gasteiger partial charge on any atom is -0.236 e. The number of halogens is 1. The van der Waals surface area contributed by atoms with Gasteiger partial charge >= 0.3 is 0 Å². The summed E-state index contributed by atoms with van der Waals surface area (Å²) < 4.78 is 14.0. The number of fused-ring (bicyclic) bond motifs is 1. The Kier molecular flexibility index (Phi) is 4.20. The van der Waals surface area contributed by atoms with Crippen molar-refractivity contribution >= 4 is 16.5 Å². The lowest BCUT2D eigenvalue weighted by molar-refractivity contribution is 0.670. The Labute approximate surface area is 117 Å². The second kappa shape index (κ2) is 6.06. The molecule has 1 aromatic heterocycles. The van der Waals surface area contributed by atoms with Gasteiger partial charge in [-0.15, -0.1) is 0 Å². The number of aryl methyl sites for hydroxylation is 1. The topological polar surface area (TPSA) is 25.8 Å². The van der Waals surface area contributed by atoms with E-state index < -0.39 is 5.83 Å². The van der Waals surface area contributed by atoms with Crippen LogP contribution >= 0.6 is 0 Å². The Bertz CT molecular complexity index is 727. The largest absolute Gasteiger partial charge is 0.236 e. The molecule has 0 saturated heterocycles. The van der Waals surface area contributed by atoms with E-state index in [0.717, 1.165) is 16.5 Å². The summed E-state index contributed by atoms with van der Waals surface area (Å²) in [4.78, 5) is 8.62. The SMILES string of the molecule is C=C/C=C\C(F)=C(/C=C)c1ncc2c(C)cccc2n1. The molecule has 0 aliphatic carbocycles. The minimum atomic E-state index is -0.438. The summed E-state index contributed by atoms with van der Waals surface area (Å²) in [7, 11) is 0. The minimum absolute atomic E-state index is 0.270. The van der Waals surface area contributed by atoms with E-state index >= 15 is 0 Å². The first-order valence-electron chi connectivity index (χ1n) is 6.21. The van der Waals surface area contributed by atoms with E-state index in [1.807, 2.05) is 25.1 Å². The van der Waals surface area contributed by atoms with Crippen molar-refractivity contribution in [3.05, 3.63) is 79.1 Å². The molecule has 2 aromatic rings. The summed E-state index contributed by atoms with van der Waals surface area (Å²) in [5, 5.41) is 0.960. The zero-order chi connectivity index (χ0) is 14.5. The lowest BCUT2D eigenvalue weighted by Gasteiger charge is -2.05. The van der Waals surface area contributed by atoms with Crippen molar-refractivity contribution in [2.45, 2.75) is 6.92 Å². The van der Waals surface area contributed by atoms with E-state index in [-0.39, 0.29) is 5.57 Å². The molecule has 0 bridgehead atoms. The molecule has 0 spiro atoms. The lowest BCUT2D eigenvalue weighted by Crippen LogP contribution is -1.95. The zero-order valence-electron chi connectivity index (χ0n) is 11.3. The van der Waals surface area contributed by atoms with Crippen LogP contribution in [0.3, 0.4) is 0 Å². The number of hydrogen-bond acceptors (Lipinski definition) is 2. The van der Waals surface area contributed by atoms with Crippen molar-refractivity contribution in [2.75, 3.05) is 0 Å². The van der Waals surface area contributed by atoms with Crippen molar-refractivity contribution in [3.8, 4) is 0 Å². The van der Waals surface area contributed by atoms with E-state index in [1.54, 1.807) is 6.20 Å². The molecule has 1 aromatic carbocycles. The van der Waals surface area contributed by atoms with Gasteiger partial charge in [0.15, 0.2) is 5.82 Å². The van der Waals surface area contributed by atoms with E-state index in [9.17, 15) is 4.39 Å². The summed E-state index contributed by atoms with van der Waals surface area (Å²) in [6, 6.07) is 5.79. The molecule has 3 heteroatoms. The van der Waals surface area contributed by atoms with Crippen LogP contribution in [0.25, 0.3) is 16.5 Å². The zero-order valence-corrected chi connectivity index (χ0v) is 11.3. The summed E-state index contributed by atoms with van der Waals surface area (Å²) in [5.41, 5.74) is 2.14. The van der Waals surface area contributed by atoms with Crippen molar-refractivity contribution in [3.63, 3.8) is 0 Å². The molecular weight excluding hydrogens is 251 g/mol. The first kappa shape index (κ1) is 13.9. The van der Waals surface area contributed by atoms with Gasteiger partial charge in [0.05, 0.1) is 11.1 Å². The van der Waals surface area contributed by atoms with E-state index in [4.69, 9.17) is 0 Å². The third kappa shape index (κ3) is 2.72. The fraction of sp³-hybridized carbons (Fsp3) is 0.0588. The van der Waals surface area contributed by atoms with Crippen molar-refractivity contribution in [2.24, 2.45) is 0 Å². The van der Waals surface area contributed by atoms with Crippen molar-refractivity contribution in [1.82, 2.24) is 9.97 Å². The number of benzene rings is 1.